The van der Waals surface area contributed by atoms with E-state index in [-0.39, 0.29) is 0 Å². The van der Waals surface area contributed by atoms with E-state index in [0.717, 1.165) is 4.47 Å². The number of hydrogen-bond acceptors (Lipinski definition) is 4. The van der Waals surface area contributed by atoms with E-state index in [0.29, 0.717) is 18.2 Å². The zero-order chi connectivity index (χ0) is 9.68. The summed E-state index contributed by atoms with van der Waals surface area (Å²) in [5, 5.41) is 2.97. The monoisotopic (exact) mass is 263 g/mol. The van der Waals surface area contributed by atoms with Crippen LogP contribution < -0.4 is 5.32 Å². The van der Waals surface area contributed by atoms with Gasteiger partial charge in [0.15, 0.2) is 0 Å². The molecule has 0 aliphatic rings. The third-order valence-corrected chi connectivity index (χ3v) is 2.48. The zero-order valence-corrected chi connectivity index (χ0v) is 9.56. The molecule has 0 radical (unpaired) electrons. The van der Waals surface area contributed by atoms with Gasteiger partial charge in [0.2, 0.25) is 5.95 Å². The molecule has 4 nitrogen and oxygen atoms in total. The molecule has 1 rings (SSSR count). The van der Waals surface area contributed by atoms with Gasteiger partial charge >= 0.3 is 0 Å². The minimum absolute atomic E-state index is 0.564. The highest BCUT2D eigenvalue weighted by molar-refractivity contribution is 9.10. The van der Waals surface area contributed by atoms with E-state index in [4.69, 9.17) is 0 Å². The second-order valence-corrected chi connectivity index (χ2v) is 4.90. The number of aromatic nitrogens is 2. The molecule has 0 fully saturated rings. The molecule has 1 aromatic rings. The van der Waals surface area contributed by atoms with Crippen molar-refractivity contribution < 1.29 is 4.21 Å². The second-order valence-electron chi connectivity index (χ2n) is 2.43. The normalized spacial score (nSPS) is 12.5. The van der Waals surface area contributed by atoms with Gasteiger partial charge < -0.3 is 5.32 Å². The molecular weight excluding hydrogens is 254 g/mol. The molecule has 1 heterocycles. The molecular formula is C7H10BrN3OS. The highest BCUT2D eigenvalue weighted by Gasteiger charge is 1.95. The first kappa shape index (κ1) is 10.6. The fourth-order valence-electron chi connectivity index (χ4n) is 0.710. The fourth-order valence-corrected chi connectivity index (χ4v) is 1.30. The van der Waals surface area contributed by atoms with Crippen LogP contribution in [0.3, 0.4) is 0 Å². The van der Waals surface area contributed by atoms with Crippen molar-refractivity contribution in [2.45, 2.75) is 0 Å². The fraction of sp³-hybridized carbons (Fsp3) is 0.429. The summed E-state index contributed by atoms with van der Waals surface area (Å²) in [6.45, 7) is 0.630. The van der Waals surface area contributed by atoms with Crippen LogP contribution in [0.5, 0.6) is 0 Å². The van der Waals surface area contributed by atoms with Crippen molar-refractivity contribution in [2.75, 3.05) is 23.9 Å². The topological polar surface area (TPSA) is 54.9 Å². The van der Waals surface area contributed by atoms with Gasteiger partial charge in [-0.2, -0.15) is 0 Å². The quantitative estimate of drug-likeness (QED) is 0.882. The van der Waals surface area contributed by atoms with Crippen LogP contribution in [0.15, 0.2) is 16.9 Å². The van der Waals surface area contributed by atoms with Crippen molar-refractivity contribution in [3.63, 3.8) is 0 Å². The molecule has 0 aromatic carbocycles. The Labute approximate surface area is 87.8 Å². The van der Waals surface area contributed by atoms with Crippen LogP contribution in [0.2, 0.25) is 0 Å². The molecule has 0 saturated heterocycles. The van der Waals surface area contributed by atoms with Gasteiger partial charge in [-0.15, -0.1) is 0 Å². The molecule has 13 heavy (non-hydrogen) atoms. The van der Waals surface area contributed by atoms with Crippen molar-refractivity contribution in [2.24, 2.45) is 0 Å². The Bertz CT molecular complexity index is 290. The molecule has 1 N–H and O–H groups in total. The number of nitrogens with zero attached hydrogens (tertiary/aromatic N) is 2. The molecule has 6 heteroatoms. The number of rotatable bonds is 4. The van der Waals surface area contributed by atoms with Crippen molar-refractivity contribution in [3.8, 4) is 0 Å². The second kappa shape index (κ2) is 5.29. The first-order valence-corrected chi connectivity index (χ1v) is 6.22. The lowest BCUT2D eigenvalue weighted by atomic mass is 10.6. The van der Waals surface area contributed by atoms with Gasteiger partial charge in [0, 0.05) is 41.7 Å². The van der Waals surface area contributed by atoms with Crippen LogP contribution in [0.1, 0.15) is 0 Å². The molecule has 0 aliphatic carbocycles. The van der Waals surface area contributed by atoms with E-state index in [1.807, 2.05) is 0 Å². The largest absolute Gasteiger partial charge is 0.353 e. The Kier molecular flexibility index (Phi) is 4.31. The number of nitrogens with one attached hydrogen (secondary N) is 1. The number of halogens is 1. The van der Waals surface area contributed by atoms with E-state index in [1.165, 1.54) is 0 Å². The Morgan fingerprint density at radius 2 is 2.15 bits per heavy atom. The lowest BCUT2D eigenvalue weighted by Crippen LogP contribution is -2.11. The van der Waals surface area contributed by atoms with Crippen LogP contribution in [-0.2, 0) is 10.8 Å². The van der Waals surface area contributed by atoms with E-state index in [9.17, 15) is 4.21 Å². The molecule has 0 amide bonds. The Hall–Kier alpha value is -0.490. The van der Waals surface area contributed by atoms with Crippen molar-refractivity contribution in [3.05, 3.63) is 16.9 Å². The maximum atomic E-state index is 10.7. The predicted octanol–water partition coefficient (Wildman–Crippen LogP) is 1.03. The summed E-state index contributed by atoms with van der Waals surface area (Å²) in [7, 11) is -0.771. The summed E-state index contributed by atoms with van der Waals surface area (Å²) in [6.07, 6.45) is 5.00. The molecule has 0 aliphatic heterocycles. The van der Waals surface area contributed by atoms with Crippen molar-refractivity contribution >= 4 is 32.7 Å². The van der Waals surface area contributed by atoms with Gasteiger partial charge in [0.05, 0.1) is 4.47 Å². The van der Waals surface area contributed by atoms with E-state index in [1.54, 1.807) is 18.6 Å². The van der Waals surface area contributed by atoms with Gasteiger partial charge in [0.1, 0.15) is 0 Å². The molecule has 0 saturated carbocycles. The highest BCUT2D eigenvalue weighted by Crippen LogP contribution is 2.06. The first-order valence-electron chi connectivity index (χ1n) is 3.70. The van der Waals surface area contributed by atoms with E-state index in [2.05, 4.69) is 31.2 Å². The molecule has 0 spiro atoms. The number of anilines is 1. The van der Waals surface area contributed by atoms with Crippen LogP contribution in [-0.4, -0.2) is 32.7 Å². The minimum Gasteiger partial charge on any atom is -0.353 e. The first-order chi connectivity index (χ1) is 6.18. The van der Waals surface area contributed by atoms with Gasteiger partial charge in [-0.05, 0) is 15.9 Å². The molecule has 1 unspecified atom stereocenters. The Morgan fingerprint density at radius 1 is 1.54 bits per heavy atom. The number of hydrogen-bond donors (Lipinski definition) is 1. The van der Waals surface area contributed by atoms with Crippen LogP contribution in [0.25, 0.3) is 0 Å². The lowest BCUT2D eigenvalue weighted by Gasteiger charge is -2.01. The Morgan fingerprint density at radius 3 is 2.69 bits per heavy atom. The average Bonchev–Trinajstić information content (AvgIpc) is 2.08. The third-order valence-electron chi connectivity index (χ3n) is 1.29. The summed E-state index contributed by atoms with van der Waals surface area (Å²) in [5.41, 5.74) is 0. The van der Waals surface area contributed by atoms with Crippen LogP contribution in [0, 0.1) is 0 Å². The lowest BCUT2D eigenvalue weighted by molar-refractivity contribution is 0.687. The predicted molar refractivity (Wildman–Crippen MR) is 57.2 cm³/mol. The maximum Gasteiger partial charge on any atom is 0.222 e. The molecule has 72 valence electrons. The summed E-state index contributed by atoms with van der Waals surface area (Å²) >= 11 is 3.24. The van der Waals surface area contributed by atoms with Gasteiger partial charge in [-0.1, -0.05) is 0 Å². The third kappa shape index (κ3) is 4.33. The summed E-state index contributed by atoms with van der Waals surface area (Å²) in [6, 6.07) is 0. The van der Waals surface area contributed by atoms with E-state index >= 15 is 0 Å². The zero-order valence-electron chi connectivity index (χ0n) is 7.16. The smallest absolute Gasteiger partial charge is 0.222 e. The SMILES string of the molecule is CS(=O)CCNc1ncc(Br)cn1. The molecule has 0 bridgehead atoms. The van der Waals surface area contributed by atoms with E-state index < -0.39 is 10.8 Å². The maximum absolute atomic E-state index is 10.7. The van der Waals surface area contributed by atoms with Crippen molar-refractivity contribution in [1.29, 1.82) is 0 Å². The standard InChI is InChI=1S/C7H10BrN3OS/c1-13(12)3-2-9-7-10-4-6(8)5-11-7/h4-5H,2-3H2,1H3,(H,9,10,11). The molecule has 1 aromatic heterocycles. The van der Waals surface area contributed by atoms with Crippen LogP contribution >= 0.6 is 15.9 Å². The summed E-state index contributed by atoms with van der Waals surface area (Å²) in [5.74, 6) is 1.17. The summed E-state index contributed by atoms with van der Waals surface area (Å²) < 4.78 is 11.6. The van der Waals surface area contributed by atoms with Gasteiger partial charge in [0.25, 0.3) is 0 Å². The van der Waals surface area contributed by atoms with Crippen LogP contribution in [0.4, 0.5) is 5.95 Å². The van der Waals surface area contributed by atoms with Gasteiger partial charge in [-0.25, -0.2) is 9.97 Å². The Balaban J connectivity index is 2.37. The highest BCUT2D eigenvalue weighted by atomic mass is 79.9. The minimum atomic E-state index is -0.771. The molecule has 1 atom stereocenters. The summed E-state index contributed by atoms with van der Waals surface area (Å²) in [4.78, 5) is 8.01. The average molecular weight is 264 g/mol. The van der Waals surface area contributed by atoms with Gasteiger partial charge in [-0.3, -0.25) is 4.21 Å². The van der Waals surface area contributed by atoms with Crippen molar-refractivity contribution in [1.82, 2.24) is 9.97 Å².